The first-order chi connectivity index (χ1) is 23.7. The fraction of sp³-hybridized carbons (Fsp3) is 0. The van der Waals surface area contributed by atoms with Gasteiger partial charge in [-0.15, -0.1) is 0 Å². The molecule has 0 N–H and O–H groups in total. The molecule has 222 valence electrons. The van der Waals surface area contributed by atoms with Crippen molar-refractivity contribution in [2.24, 2.45) is 0 Å². The van der Waals surface area contributed by atoms with E-state index in [1.807, 2.05) is 30.6 Å². The van der Waals surface area contributed by atoms with Crippen LogP contribution in [0.15, 0.2) is 158 Å². The summed E-state index contributed by atoms with van der Waals surface area (Å²) in [6, 6.07) is 48.9. The van der Waals surface area contributed by atoms with E-state index in [9.17, 15) is 5.26 Å². The summed E-state index contributed by atoms with van der Waals surface area (Å²) in [7, 11) is 0. The zero-order chi connectivity index (χ0) is 32.5. The molecule has 0 fully saturated rings. The topological polar surface area (TPSA) is 53.9 Å². The number of nitrogens with zero attached hydrogens (tertiary/aromatic N) is 4. The minimum atomic E-state index is 0.518. The molecule has 2 heterocycles. The molecule has 6 aromatic carbocycles. The van der Waals surface area contributed by atoms with Gasteiger partial charge in [0.1, 0.15) is 6.07 Å². The van der Waals surface area contributed by atoms with Gasteiger partial charge < -0.3 is 0 Å². The van der Waals surface area contributed by atoms with E-state index in [2.05, 4.69) is 136 Å². The summed E-state index contributed by atoms with van der Waals surface area (Å²) in [5, 5.41) is 14.1. The number of aromatic nitrogens is 2. The molecule has 2 aromatic heterocycles. The Morgan fingerprint density at radius 3 is 1.65 bits per heavy atom. The molecule has 0 saturated heterocycles. The summed E-state index contributed by atoms with van der Waals surface area (Å²) in [6.07, 6.45) is 6.80. The van der Waals surface area contributed by atoms with Crippen LogP contribution in [0.25, 0.3) is 82.0 Å². The maximum atomic E-state index is 9.52. The summed E-state index contributed by atoms with van der Waals surface area (Å²) in [4.78, 5) is 12.2. The number of fused-ring (bicyclic) bond motifs is 2. The molecule has 0 amide bonds. The Balaban J connectivity index is 1.42. The molecule has 0 saturated carbocycles. The Morgan fingerprint density at radius 2 is 0.979 bits per heavy atom. The summed E-state index contributed by atoms with van der Waals surface area (Å²) in [5.74, 6) is 0. The highest BCUT2D eigenvalue weighted by Gasteiger charge is 2.18. The number of hydrogen-bond donors (Lipinski definition) is 0. The predicted molar refractivity (Wildman–Crippen MR) is 195 cm³/mol. The van der Waals surface area contributed by atoms with Crippen LogP contribution < -0.4 is 0 Å². The number of pyridine rings is 2. The van der Waals surface area contributed by atoms with Crippen LogP contribution >= 0.6 is 0 Å². The van der Waals surface area contributed by atoms with Crippen molar-refractivity contribution in [3.05, 3.63) is 175 Å². The Morgan fingerprint density at radius 1 is 0.438 bits per heavy atom. The summed E-state index contributed by atoms with van der Waals surface area (Å²) >= 11 is 0. The van der Waals surface area contributed by atoms with Crippen molar-refractivity contribution in [3.8, 4) is 61.7 Å². The van der Waals surface area contributed by atoms with Crippen molar-refractivity contribution in [1.82, 2.24) is 9.97 Å². The molecular weight excluding hydrogens is 585 g/mol. The van der Waals surface area contributed by atoms with Gasteiger partial charge in [-0.05, 0) is 102 Å². The third-order valence-corrected chi connectivity index (χ3v) is 8.82. The van der Waals surface area contributed by atoms with Crippen LogP contribution in [0, 0.1) is 17.9 Å². The van der Waals surface area contributed by atoms with Crippen molar-refractivity contribution in [3.63, 3.8) is 0 Å². The molecule has 48 heavy (non-hydrogen) atoms. The van der Waals surface area contributed by atoms with Crippen LogP contribution in [0.2, 0.25) is 0 Å². The second-order valence-corrected chi connectivity index (χ2v) is 11.7. The van der Waals surface area contributed by atoms with Gasteiger partial charge >= 0.3 is 0 Å². The summed E-state index contributed by atoms with van der Waals surface area (Å²) in [6.45, 7) is 7.48. The van der Waals surface area contributed by atoms with Crippen molar-refractivity contribution in [2.75, 3.05) is 0 Å². The fourth-order valence-corrected chi connectivity index (χ4v) is 6.62. The highest BCUT2D eigenvalue weighted by molar-refractivity contribution is 6.22. The fourth-order valence-electron chi connectivity index (χ4n) is 6.62. The van der Waals surface area contributed by atoms with Gasteiger partial charge in [0, 0.05) is 30.4 Å². The lowest BCUT2D eigenvalue weighted by atomic mass is 9.84. The van der Waals surface area contributed by atoms with E-state index in [1.165, 1.54) is 0 Å². The van der Waals surface area contributed by atoms with E-state index in [0.717, 1.165) is 77.2 Å². The largest absolute Gasteiger partial charge is 0.276 e. The normalized spacial score (nSPS) is 10.9. The number of nitriles is 1. The van der Waals surface area contributed by atoms with Gasteiger partial charge in [0.2, 0.25) is 5.69 Å². The van der Waals surface area contributed by atoms with Gasteiger partial charge in [-0.2, -0.15) is 5.26 Å². The van der Waals surface area contributed by atoms with Crippen LogP contribution in [0.4, 0.5) is 5.69 Å². The van der Waals surface area contributed by atoms with E-state index in [4.69, 9.17) is 6.57 Å². The average Bonchev–Trinajstić information content (AvgIpc) is 3.17. The van der Waals surface area contributed by atoms with Crippen LogP contribution in [-0.2, 0) is 0 Å². The standard InChI is InChI=1S/C44H26N4/c1-46-38-22-37(27-48-28-38)32-12-8-13-34(21-32)43-39-15-5-6-16-40(39)44(42-23-33(17-18-41(42)43)30-9-3-2-4-10-30)35-14-7-11-31(20-35)36-19-29(24-45)25-47-26-36/h2-23,25-28H. The molecule has 8 rings (SSSR count). The van der Waals surface area contributed by atoms with Crippen LogP contribution in [0.3, 0.4) is 0 Å². The van der Waals surface area contributed by atoms with Gasteiger partial charge in [0.25, 0.3) is 0 Å². The first-order valence-corrected chi connectivity index (χ1v) is 15.6. The van der Waals surface area contributed by atoms with E-state index in [-0.39, 0.29) is 0 Å². The Bertz CT molecular complexity index is 2590. The summed E-state index contributed by atoms with van der Waals surface area (Å²) < 4.78 is 0. The summed E-state index contributed by atoms with van der Waals surface area (Å²) in [5.41, 5.74) is 11.7. The predicted octanol–water partition coefficient (Wildman–Crippen LogP) is 11.5. The molecule has 0 aliphatic carbocycles. The lowest BCUT2D eigenvalue weighted by Crippen LogP contribution is -1.93. The molecule has 4 nitrogen and oxygen atoms in total. The van der Waals surface area contributed by atoms with Gasteiger partial charge in [-0.1, -0.05) is 103 Å². The zero-order valence-electron chi connectivity index (χ0n) is 25.8. The van der Waals surface area contributed by atoms with E-state index in [1.54, 1.807) is 12.4 Å². The second kappa shape index (κ2) is 12.1. The SMILES string of the molecule is [C-]#[N+]c1cncc(-c2cccc(-c3c4ccccc4c(-c4cccc(-c5cncc(C#N)c5)c4)c4cc(-c5ccccc5)ccc34)c2)c1. The van der Waals surface area contributed by atoms with Gasteiger partial charge in [0.05, 0.1) is 12.1 Å². The number of benzene rings is 6. The van der Waals surface area contributed by atoms with E-state index >= 15 is 0 Å². The third kappa shape index (κ3) is 5.14. The first kappa shape index (κ1) is 28.6. The quantitative estimate of drug-likeness (QED) is 0.144. The minimum absolute atomic E-state index is 0.518. The molecule has 0 unspecified atom stereocenters. The highest BCUT2D eigenvalue weighted by atomic mass is 14.7. The third-order valence-electron chi connectivity index (χ3n) is 8.82. The molecule has 4 heteroatoms. The average molecular weight is 611 g/mol. The van der Waals surface area contributed by atoms with Crippen molar-refractivity contribution in [2.45, 2.75) is 0 Å². The maximum Gasteiger partial charge on any atom is 0.205 e. The maximum absolute atomic E-state index is 9.52. The van der Waals surface area contributed by atoms with Crippen molar-refractivity contribution >= 4 is 27.2 Å². The molecule has 0 spiro atoms. The van der Waals surface area contributed by atoms with E-state index in [0.29, 0.717) is 11.3 Å². The van der Waals surface area contributed by atoms with Crippen LogP contribution in [0.5, 0.6) is 0 Å². The van der Waals surface area contributed by atoms with Crippen molar-refractivity contribution < 1.29 is 0 Å². The molecular formula is C44H26N4. The Labute approximate surface area is 278 Å². The number of hydrogen-bond acceptors (Lipinski definition) is 3. The molecule has 0 radical (unpaired) electrons. The van der Waals surface area contributed by atoms with Crippen LogP contribution in [0.1, 0.15) is 5.56 Å². The first-order valence-electron chi connectivity index (χ1n) is 15.6. The van der Waals surface area contributed by atoms with Gasteiger partial charge in [-0.25, -0.2) is 4.85 Å². The van der Waals surface area contributed by atoms with Gasteiger partial charge in [-0.3, -0.25) is 9.97 Å². The molecule has 0 aliphatic heterocycles. The van der Waals surface area contributed by atoms with Crippen molar-refractivity contribution in [1.29, 1.82) is 5.26 Å². The zero-order valence-corrected chi connectivity index (χ0v) is 25.8. The highest BCUT2D eigenvalue weighted by Crippen LogP contribution is 2.46. The lowest BCUT2D eigenvalue weighted by molar-refractivity contribution is 1.30. The van der Waals surface area contributed by atoms with Gasteiger partial charge in [0.15, 0.2) is 0 Å². The second-order valence-electron chi connectivity index (χ2n) is 11.7. The minimum Gasteiger partial charge on any atom is -0.276 e. The Kier molecular flexibility index (Phi) is 7.23. The smallest absolute Gasteiger partial charge is 0.205 e. The molecule has 8 aromatic rings. The Hall–Kier alpha value is -6.88. The monoisotopic (exact) mass is 610 g/mol. The molecule has 0 bridgehead atoms. The van der Waals surface area contributed by atoms with Crippen LogP contribution in [-0.4, -0.2) is 9.97 Å². The van der Waals surface area contributed by atoms with E-state index < -0.39 is 0 Å². The lowest BCUT2D eigenvalue weighted by Gasteiger charge is -2.19. The number of rotatable bonds is 5. The molecule has 0 aliphatic rings. The molecule has 0 atom stereocenters.